The first-order chi connectivity index (χ1) is 8.99. The standard InChI is InChI=1S/C12H15Cl2N3O2/c1-8(12(18)19)16-2-4-17(5-3-16)11-10(14)6-9(13)7-15-11/h6-8H,2-5H2,1H3,(H,18,19). The van der Waals surface area contributed by atoms with Crippen molar-refractivity contribution in [1.82, 2.24) is 9.88 Å². The third-order valence-electron chi connectivity index (χ3n) is 3.31. The lowest BCUT2D eigenvalue weighted by atomic mass is 10.2. The molecule has 1 aromatic heterocycles. The van der Waals surface area contributed by atoms with Crippen molar-refractivity contribution in [2.24, 2.45) is 0 Å². The third kappa shape index (κ3) is 3.29. The van der Waals surface area contributed by atoms with Crippen molar-refractivity contribution in [2.45, 2.75) is 13.0 Å². The number of hydrogen-bond acceptors (Lipinski definition) is 4. The van der Waals surface area contributed by atoms with E-state index in [4.69, 9.17) is 28.3 Å². The lowest BCUT2D eigenvalue weighted by Crippen LogP contribution is -2.52. The summed E-state index contributed by atoms with van der Waals surface area (Å²) in [6, 6.07) is 1.20. The lowest BCUT2D eigenvalue weighted by Gasteiger charge is -2.37. The van der Waals surface area contributed by atoms with E-state index >= 15 is 0 Å². The molecule has 0 spiro atoms. The number of aromatic nitrogens is 1. The van der Waals surface area contributed by atoms with Crippen LogP contribution in [0, 0.1) is 0 Å². The topological polar surface area (TPSA) is 56.7 Å². The zero-order chi connectivity index (χ0) is 14.0. The number of nitrogens with zero attached hydrogens (tertiary/aromatic N) is 3. The Morgan fingerprint density at radius 1 is 1.37 bits per heavy atom. The van der Waals surface area contributed by atoms with Crippen molar-refractivity contribution in [1.29, 1.82) is 0 Å². The Morgan fingerprint density at radius 3 is 2.53 bits per heavy atom. The maximum atomic E-state index is 10.9. The predicted octanol–water partition coefficient (Wildman–Crippen LogP) is 1.98. The van der Waals surface area contributed by atoms with Crippen LogP contribution in [0.1, 0.15) is 6.92 Å². The van der Waals surface area contributed by atoms with Crippen molar-refractivity contribution in [3.63, 3.8) is 0 Å². The van der Waals surface area contributed by atoms with Crippen LogP contribution in [0.25, 0.3) is 0 Å². The molecule has 1 saturated heterocycles. The minimum absolute atomic E-state index is 0.462. The molecule has 1 aromatic rings. The van der Waals surface area contributed by atoms with Crippen molar-refractivity contribution in [2.75, 3.05) is 31.1 Å². The molecule has 0 amide bonds. The van der Waals surface area contributed by atoms with Gasteiger partial charge in [-0.05, 0) is 13.0 Å². The van der Waals surface area contributed by atoms with E-state index in [9.17, 15) is 4.79 Å². The molecule has 1 unspecified atom stereocenters. The van der Waals surface area contributed by atoms with Crippen LogP contribution in [0.5, 0.6) is 0 Å². The van der Waals surface area contributed by atoms with Gasteiger partial charge < -0.3 is 10.0 Å². The molecule has 0 radical (unpaired) electrons. The summed E-state index contributed by atoms with van der Waals surface area (Å²) in [5, 5.41) is 10.0. The molecule has 1 aliphatic rings. The first kappa shape index (κ1) is 14.4. The molecule has 0 bridgehead atoms. The number of piperazine rings is 1. The molecule has 5 nitrogen and oxygen atoms in total. The van der Waals surface area contributed by atoms with E-state index in [-0.39, 0.29) is 0 Å². The number of anilines is 1. The highest BCUT2D eigenvalue weighted by Crippen LogP contribution is 2.26. The average Bonchev–Trinajstić information content (AvgIpc) is 2.38. The van der Waals surface area contributed by atoms with Crippen molar-refractivity contribution < 1.29 is 9.90 Å². The Morgan fingerprint density at radius 2 is 2.00 bits per heavy atom. The number of aliphatic carboxylic acids is 1. The second-order valence-corrected chi connectivity index (χ2v) is 5.34. The zero-order valence-electron chi connectivity index (χ0n) is 10.5. The number of carboxylic acids is 1. The highest BCUT2D eigenvalue weighted by molar-refractivity contribution is 6.36. The van der Waals surface area contributed by atoms with Gasteiger partial charge in [-0.2, -0.15) is 0 Å². The van der Waals surface area contributed by atoms with E-state index in [0.717, 1.165) is 0 Å². The van der Waals surface area contributed by atoms with E-state index in [1.54, 1.807) is 19.2 Å². The molecule has 1 aliphatic heterocycles. The molecule has 0 aromatic carbocycles. The molecule has 1 atom stereocenters. The number of rotatable bonds is 3. The predicted molar refractivity (Wildman–Crippen MR) is 75.1 cm³/mol. The van der Waals surface area contributed by atoms with Gasteiger partial charge in [0.05, 0.1) is 10.0 Å². The normalized spacial score (nSPS) is 18.4. The fourth-order valence-corrected chi connectivity index (χ4v) is 2.62. The van der Waals surface area contributed by atoms with E-state index < -0.39 is 12.0 Å². The monoisotopic (exact) mass is 303 g/mol. The summed E-state index contributed by atoms with van der Waals surface area (Å²) < 4.78 is 0. The molecular formula is C12H15Cl2N3O2. The van der Waals surface area contributed by atoms with Crippen LogP contribution in [0.15, 0.2) is 12.3 Å². The van der Waals surface area contributed by atoms with Gasteiger partial charge in [-0.15, -0.1) is 0 Å². The van der Waals surface area contributed by atoms with E-state index in [1.807, 2.05) is 9.80 Å². The van der Waals surface area contributed by atoms with Crippen LogP contribution < -0.4 is 4.90 Å². The summed E-state index contributed by atoms with van der Waals surface area (Å²) in [5.74, 6) is -0.0928. The maximum absolute atomic E-state index is 10.9. The largest absolute Gasteiger partial charge is 0.480 e. The highest BCUT2D eigenvalue weighted by atomic mass is 35.5. The molecule has 2 heterocycles. The number of carboxylic acid groups (broad SMARTS) is 1. The van der Waals surface area contributed by atoms with Crippen LogP contribution in [0.3, 0.4) is 0 Å². The Balaban J connectivity index is 2.02. The summed E-state index contributed by atoms with van der Waals surface area (Å²) in [5.41, 5.74) is 0. The third-order valence-corrected chi connectivity index (χ3v) is 3.79. The minimum Gasteiger partial charge on any atom is -0.480 e. The Hall–Kier alpha value is -1.04. The second-order valence-electron chi connectivity index (χ2n) is 4.50. The van der Waals surface area contributed by atoms with E-state index in [1.165, 1.54) is 0 Å². The number of pyridine rings is 1. The van der Waals surface area contributed by atoms with Gasteiger partial charge in [0, 0.05) is 32.4 Å². The fourth-order valence-electron chi connectivity index (χ4n) is 2.12. The smallest absolute Gasteiger partial charge is 0.320 e. The summed E-state index contributed by atoms with van der Waals surface area (Å²) in [7, 11) is 0. The highest BCUT2D eigenvalue weighted by Gasteiger charge is 2.26. The van der Waals surface area contributed by atoms with Gasteiger partial charge >= 0.3 is 5.97 Å². The molecule has 19 heavy (non-hydrogen) atoms. The summed E-state index contributed by atoms with van der Waals surface area (Å²) in [6.45, 7) is 4.45. The van der Waals surface area contributed by atoms with Crippen LogP contribution in [0.2, 0.25) is 10.0 Å². The van der Waals surface area contributed by atoms with Crippen LogP contribution in [-0.4, -0.2) is 53.2 Å². The van der Waals surface area contributed by atoms with Crippen LogP contribution in [-0.2, 0) is 4.79 Å². The van der Waals surface area contributed by atoms with Gasteiger partial charge in [0.1, 0.15) is 11.9 Å². The lowest BCUT2D eigenvalue weighted by molar-refractivity contribution is -0.142. The van der Waals surface area contributed by atoms with Gasteiger partial charge in [0.2, 0.25) is 0 Å². The SMILES string of the molecule is CC(C(=O)O)N1CCN(c2ncc(Cl)cc2Cl)CC1. The molecule has 2 rings (SSSR count). The van der Waals surface area contributed by atoms with Gasteiger partial charge in [-0.3, -0.25) is 9.69 Å². The number of halogens is 2. The summed E-state index contributed by atoms with van der Waals surface area (Å²) >= 11 is 11.9. The van der Waals surface area contributed by atoms with Gasteiger partial charge in [-0.25, -0.2) is 4.98 Å². The quantitative estimate of drug-likeness (QED) is 0.925. The van der Waals surface area contributed by atoms with Crippen molar-refractivity contribution in [3.8, 4) is 0 Å². The Kier molecular flexibility index (Phi) is 4.50. The number of hydrogen-bond donors (Lipinski definition) is 1. The molecule has 0 saturated carbocycles. The molecule has 7 heteroatoms. The molecular weight excluding hydrogens is 289 g/mol. The molecule has 1 N–H and O–H groups in total. The summed E-state index contributed by atoms with van der Waals surface area (Å²) in [6.07, 6.45) is 1.56. The zero-order valence-corrected chi connectivity index (χ0v) is 12.0. The molecule has 1 fully saturated rings. The van der Waals surface area contributed by atoms with Crippen LogP contribution >= 0.6 is 23.2 Å². The molecule has 0 aliphatic carbocycles. The first-order valence-electron chi connectivity index (χ1n) is 6.02. The summed E-state index contributed by atoms with van der Waals surface area (Å²) in [4.78, 5) is 19.2. The van der Waals surface area contributed by atoms with Gasteiger partial charge in [0.15, 0.2) is 0 Å². The first-order valence-corrected chi connectivity index (χ1v) is 6.77. The number of carbonyl (C=O) groups is 1. The average molecular weight is 304 g/mol. The second kappa shape index (κ2) is 5.94. The van der Waals surface area contributed by atoms with E-state index in [2.05, 4.69) is 4.98 Å². The van der Waals surface area contributed by atoms with Gasteiger partial charge in [-0.1, -0.05) is 23.2 Å². The van der Waals surface area contributed by atoms with Crippen molar-refractivity contribution in [3.05, 3.63) is 22.3 Å². The fraction of sp³-hybridized carbons (Fsp3) is 0.500. The Bertz CT molecular complexity index is 476. The molecule has 104 valence electrons. The van der Waals surface area contributed by atoms with E-state index in [0.29, 0.717) is 42.0 Å². The Labute approximate surface area is 121 Å². The maximum Gasteiger partial charge on any atom is 0.320 e. The minimum atomic E-state index is -0.795. The van der Waals surface area contributed by atoms with Crippen molar-refractivity contribution >= 4 is 35.0 Å². The van der Waals surface area contributed by atoms with Crippen LogP contribution in [0.4, 0.5) is 5.82 Å². The van der Waals surface area contributed by atoms with Gasteiger partial charge in [0.25, 0.3) is 0 Å².